The maximum Gasteiger partial charge on any atom is 0.286 e. The number of hydrogen-bond acceptors (Lipinski definition) is 4. The first-order chi connectivity index (χ1) is 9.26. The Hall–Kier alpha value is -0.320. The number of piperidine rings is 1. The Morgan fingerprint density at radius 2 is 1.48 bits per heavy atom. The lowest BCUT2D eigenvalue weighted by atomic mass is 10.0. The van der Waals surface area contributed by atoms with Crippen LogP contribution in [0.3, 0.4) is 0 Å². The smallest absolute Gasteiger partial charge is 0.285 e. The summed E-state index contributed by atoms with van der Waals surface area (Å²) in [6.07, 6.45) is 1.98. The van der Waals surface area contributed by atoms with Crippen molar-refractivity contribution in [1.82, 2.24) is 4.31 Å². The van der Waals surface area contributed by atoms with Crippen LogP contribution in [0.25, 0.3) is 0 Å². The van der Waals surface area contributed by atoms with Gasteiger partial charge in [0.1, 0.15) is 10.00 Å². The van der Waals surface area contributed by atoms with Gasteiger partial charge in [-0.15, -0.1) is 0 Å². The van der Waals surface area contributed by atoms with Gasteiger partial charge in [0.25, 0.3) is 16.0 Å². The molecule has 0 aromatic carbocycles. The summed E-state index contributed by atoms with van der Waals surface area (Å²) in [6, 6.07) is 0. The monoisotopic (exact) mass is 349 g/mol. The molecular formula is C11H21F2NO5S2. The van der Waals surface area contributed by atoms with Gasteiger partial charge >= 0.3 is 0 Å². The second kappa shape index (κ2) is 5.71. The molecule has 1 aliphatic heterocycles. The van der Waals surface area contributed by atoms with E-state index >= 15 is 0 Å². The third-order valence-electron chi connectivity index (χ3n) is 4.06. The van der Waals surface area contributed by atoms with Crippen LogP contribution in [-0.2, 0) is 20.1 Å². The van der Waals surface area contributed by atoms with E-state index in [2.05, 4.69) is 0 Å². The van der Waals surface area contributed by atoms with Gasteiger partial charge in [0, 0.05) is 13.1 Å². The third kappa shape index (κ3) is 3.22. The van der Waals surface area contributed by atoms with Crippen molar-refractivity contribution in [2.24, 2.45) is 0 Å². The average molecular weight is 349 g/mol. The molecule has 0 saturated carbocycles. The lowest BCUT2D eigenvalue weighted by molar-refractivity contribution is -0.0348. The van der Waals surface area contributed by atoms with Gasteiger partial charge in [-0.05, 0) is 33.6 Å². The van der Waals surface area contributed by atoms with E-state index in [0.29, 0.717) is 19.8 Å². The molecule has 0 bridgehead atoms. The van der Waals surface area contributed by atoms with Crippen LogP contribution < -0.4 is 0 Å². The summed E-state index contributed by atoms with van der Waals surface area (Å²) in [7, 11) is -9.48. The zero-order chi connectivity index (χ0) is 16.7. The molecule has 0 aliphatic carbocycles. The highest BCUT2D eigenvalue weighted by Gasteiger charge is 2.63. The van der Waals surface area contributed by atoms with E-state index in [-0.39, 0.29) is 13.1 Å². The van der Waals surface area contributed by atoms with Crippen LogP contribution in [0.1, 0.15) is 40.0 Å². The van der Waals surface area contributed by atoms with Gasteiger partial charge < -0.3 is 0 Å². The number of hydrogen-bond donors (Lipinski definition) is 1. The Morgan fingerprint density at radius 3 is 1.86 bits per heavy atom. The van der Waals surface area contributed by atoms with Crippen LogP contribution in [0, 0.1) is 0 Å². The van der Waals surface area contributed by atoms with Crippen molar-refractivity contribution in [2.75, 3.05) is 13.1 Å². The Balaban J connectivity index is 3.24. The lowest BCUT2D eigenvalue weighted by Crippen LogP contribution is -2.61. The number of rotatable bonds is 5. The summed E-state index contributed by atoms with van der Waals surface area (Å²) in [5, 5.41) is -2.51. The Kier molecular flexibility index (Phi) is 5.09. The molecule has 10 heteroatoms. The molecule has 1 N–H and O–H groups in total. The highest BCUT2D eigenvalue weighted by molar-refractivity contribution is 7.90. The average Bonchev–Trinajstić information content (AvgIpc) is 2.37. The van der Waals surface area contributed by atoms with Crippen molar-refractivity contribution in [1.29, 1.82) is 0 Å². The molecule has 1 heterocycles. The van der Waals surface area contributed by atoms with E-state index in [4.69, 9.17) is 4.55 Å². The maximum atomic E-state index is 14.4. The van der Waals surface area contributed by atoms with Crippen molar-refractivity contribution >= 4 is 20.1 Å². The highest BCUT2D eigenvalue weighted by Crippen LogP contribution is 2.42. The fourth-order valence-electron chi connectivity index (χ4n) is 2.28. The number of alkyl halides is 2. The van der Waals surface area contributed by atoms with Crippen LogP contribution in [0.15, 0.2) is 0 Å². The predicted molar refractivity (Wildman–Crippen MR) is 74.4 cm³/mol. The molecular weight excluding hydrogens is 328 g/mol. The summed E-state index contributed by atoms with van der Waals surface area (Å²) in [6.45, 7) is 2.46. The third-order valence-corrected chi connectivity index (χ3v) is 7.86. The molecule has 1 aliphatic rings. The Labute approximate surface area is 124 Å². The summed E-state index contributed by atoms with van der Waals surface area (Å²) < 4.78 is 82.9. The van der Waals surface area contributed by atoms with Crippen LogP contribution >= 0.6 is 0 Å². The fraction of sp³-hybridized carbons (Fsp3) is 1.00. The van der Waals surface area contributed by atoms with Gasteiger partial charge in [-0.2, -0.15) is 8.42 Å². The molecule has 1 unspecified atom stereocenters. The molecule has 1 rings (SSSR count). The summed E-state index contributed by atoms with van der Waals surface area (Å²) in [5.41, 5.74) is 0. The predicted octanol–water partition coefficient (Wildman–Crippen LogP) is 1.49. The molecule has 1 saturated heterocycles. The van der Waals surface area contributed by atoms with E-state index in [1.165, 1.54) is 0 Å². The Morgan fingerprint density at radius 1 is 1.05 bits per heavy atom. The van der Waals surface area contributed by atoms with Crippen molar-refractivity contribution < 1.29 is 30.2 Å². The van der Waals surface area contributed by atoms with E-state index in [0.717, 1.165) is 24.6 Å². The lowest BCUT2D eigenvalue weighted by Gasteiger charge is -2.40. The molecule has 1 fully saturated rings. The van der Waals surface area contributed by atoms with Crippen LogP contribution in [0.2, 0.25) is 0 Å². The van der Waals surface area contributed by atoms with Crippen molar-refractivity contribution in [3.8, 4) is 0 Å². The summed E-state index contributed by atoms with van der Waals surface area (Å²) in [5.74, 6) is -4.14. The maximum absolute atomic E-state index is 14.4. The Bertz CT molecular complexity index is 580. The van der Waals surface area contributed by atoms with Gasteiger partial charge in [0.2, 0.25) is 10.0 Å². The van der Waals surface area contributed by atoms with Crippen LogP contribution in [0.4, 0.5) is 8.78 Å². The first kappa shape index (κ1) is 18.7. The molecule has 0 amide bonds. The van der Waals surface area contributed by atoms with Gasteiger partial charge in [-0.25, -0.2) is 21.5 Å². The number of nitrogens with zero attached hydrogens (tertiary/aromatic N) is 1. The molecule has 21 heavy (non-hydrogen) atoms. The van der Waals surface area contributed by atoms with E-state index in [1.807, 2.05) is 0 Å². The minimum absolute atomic E-state index is 0.141. The van der Waals surface area contributed by atoms with Crippen molar-refractivity contribution in [3.05, 3.63) is 0 Å². The van der Waals surface area contributed by atoms with Crippen LogP contribution in [0.5, 0.6) is 0 Å². The van der Waals surface area contributed by atoms with Gasteiger partial charge in [-0.1, -0.05) is 6.42 Å². The van der Waals surface area contributed by atoms with Crippen molar-refractivity contribution in [3.63, 3.8) is 0 Å². The topological polar surface area (TPSA) is 91.8 Å². The summed E-state index contributed by atoms with van der Waals surface area (Å²) in [4.78, 5) is 0. The minimum Gasteiger partial charge on any atom is -0.285 e. The van der Waals surface area contributed by atoms with E-state index < -0.39 is 36.1 Å². The zero-order valence-electron chi connectivity index (χ0n) is 12.2. The largest absolute Gasteiger partial charge is 0.286 e. The van der Waals surface area contributed by atoms with Gasteiger partial charge in [0.05, 0.1) is 0 Å². The normalized spacial score (nSPS) is 21.2. The molecule has 6 nitrogen and oxygen atoms in total. The van der Waals surface area contributed by atoms with Gasteiger partial charge in [0.15, 0.2) is 0 Å². The van der Waals surface area contributed by atoms with Crippen molar-refractivity contribution in [2.45, 2.75) is 56.0 Å². The van der Waals surface area contributed by atoms with Gasteiger partial charge in [-0.3, -0.25) is 4.55 Å². The highest BCUT2D eigenvalue weighted by atomic mass is 32.2. The standard InChI is InChI=1S/C11H21F2NO5S2/c1-9(20(15,16)17)11(12,13)10(2,3)21(18,19)14-7-5-4-6-8-14/h9H,4-8H2,1-3H3,(H,15,16,17). The minimum atomic E-state index is -5.07. The first-order valence-electron chi connectivity index (χ1n) is 6.60. The number of sulfonamides is 1. The molecule has 0 aromatic heterocycles. The SMILES string of the molecule is CC(C(F)(F)C(C)(C)S(=O)(=O)N1CCCCC1)S(=O)(=O)O. The second-order valence-electron chi connectivity index (χ2n) is 5.76. The summed E-state index contributed by atoms with van der Waals surface area (Å²) >= 11 is 0. The zero-order valence-corrected chi connectivity index (χ0v) is 13.8. The molecule has 0 aromatic rings. The second-order valence-corrected chi connectivity index (χ2v) is 9.98. The van der Waals surface area contributed by atoms with Crippen LogP contribution in [-0.4, -0.2) is 54.7 Å². The van der Waals surface area contributed by atoms with E-state index in [1.54, 1.807) is 0 Å². The number of halogens is 2. The fourth-order valence-corrected chi connectivity index (χ4v) is 4.92. The molecule has 1 atom stereocenters. The quantitative estimate of drug-likeness (QED) is 0.759. The molecule has 0 radical (unpaired) electrons. The first-order valence-corrected chi connectivity index (χ1v) is 9.54. The van der Waals surface area contributed by atoms with E-state index in [9.17, 15) is 25.6 Å². The molecule has 126 valence electrons. The molecule has 0 spiro atoms.